The van der Waals surface area contributed by atoms with Crippen molar-refractivity contribution in [2.45, 2.75) is 24.9 Å². The van der Waals surface area contributed by atoms with Crippen molar-refractivity contribution in [3.05, 3.63) is 46.2 Å². The minimum atomic E-state index is -1.07. The fourth-order valence-corrected chi connectivity index (χ4v) is 5.17. The minimum Gasteiger partial charge on any atom is -0.494 e. The molecule has 5 rings (SSSR count). The number of ether oxygens (including phenoxy) is 1. The van der Waals surface area contributed by atoms with Gasteiger partial charge in [-0.3, -0.25) is 9.59 Å². The highest BCUT2D eigenvalue weighted by Crippen LogP contribution is 2.39. The van der Waals surface area contributed by atoms with Gasteiger partial charge in [0, 0.05) is 25.2 Å². The molecule has 0 spiro atoms. The second kappa shape index (κ2) is 7.40. The van der Waals surface area contributed by atoms with Gasteiger partial charge in [-0.15, -0.1) is 0 Å². The molecule has 3 aromatic rings. The third-order valence-electron chi connectivity index (χ3n) is 6.55. The second-order valence-corrected chi connectivity index (χ2v) is 8.31. The smallest absolute Gasteiger partial charge is 0.404 e. The lowest BCUT2D eigenvalue weighted by molar-refractivity contribution is 0.0697. The summed E-state index contributed by atoms with van der Waals surface area (Å²) in [6.07, 6.45) is 0.612. The summed E-state index contributed by atoms with van der Waals surface area (Å²) in [6, 6.07) is 7.87. The van der Waals surface area contributed by atoms with Gasteiger partial charge >= 0.3 is 6.09 Å². The van der Waals surface area contributed by atoms with Crippen LogP contribution < -0.4 is 15.6 Å². The molecule has 2 amide bonds. The van der Waals surface area contributed by atoms with E-state index >= 15 is 0 Å². The predicted octanol–water partition coefficient (Wildman–Crippen LogP) is 1.81. The average molecular weight is 437 g/mol. The summed E-state index contributed by atoms with van der Waals surface area (Å²) in [6.45, 7) is 0.521. The lowest BCUT2D eigenvalue weighted by Crippen LogP contribution is -2.45. The first-order valence-corrected chi connectivity index (χ1v) is 10.4. The van der Waals surface area contributed by atoms with E-state index in [1.807, 2.05) is 11.6 Å². The fraction of sp³-hybridized carbons (Fsp3) is 0.364. The van der Waals surface area contributed by atoms with Crippen LogP contribution in [0, 0.1) is 5.92 Å². The van der Waals surface area contributed by atoms with E-state index in [1.54, 1.807) is 29.2 Å². The molecule has 2 bridgehead atoms. The van der Waals surface area contributed by atoms with E-state index in [0.717, 1.165) is 12.8 Å². The zero-order valence-electron chi connectivity index (χ0n) is 17.7. The predicted molar refractivity (Wildman–Crippen MR) is 116 cm³/mol. The molecule has 2 fully saturated rings. The molecule has 2 aliphatic rings. The van der Waals surface area contributed by atoms with E-state index in [2.05, 4.69) is 15.3 Å². The van der Waals surface area contributed by atoms with Gasteiger partial charge in [-0.25, -0.2) is 9.78 Å². The standard InChI is InChI=1S/C22H23N5O5/c1-26-19-14(24-20(26)13-4-3-5-17(28)23-13)8-12(9-16(19)32-2)21(29)27-10-11-6-7-15(27)18(11)25-22(30)31/h3-5,8-9,11,15,18,25H,6-7,10H2,1-2H3,(H,23,28)(H,30,31)/t11-,15-,18-/m1/s1. The number of hydrogen-bond acceptors (Lipinski definition) is 5. The number of benzene rings is 1. The molecule has 3 N–H and O–H groups in total. The van der Waals surface area contributed by atoms with Crippen molar-refractivity contribution in [1.29, 1.82) is 0 Å². The molecule has 10 nitrogen and oxygen atoms in total. The number of rotatable bonds is 4. The molecule has 1 saturated heterocycles. The average Bonchev–Trinajstić information content (AvgIpc) is 3.43. The highest BCUT2D eigenvalue weighted by molar-refractivity contribution is 6.00. The van der Waals surface area contributed by atoms with Crippen LogP contribution in [-0.2, 0) is 7.05 Å². The molecule has 10 heteroatoms. The molecular formula is C22H23N5O5. The highest BCUT2D eigenvalue weighted by Gasteiger charge is 2.49. The summed E-state index contributed by atoms with van der Waals surface area (Å²) >= 11 is 0. The number of nitrogens with one attached hydrogen (secondary N) is 2. The number of piperidine rings is 1. The molecule has 166 valence electrons. The van der Waals surface area contributed by atoms with Gasteiger partial charge in [-0.05, 0) is 37.0 Å². The van der Waals surface area contributed by atoms with Crippen LogP contribution >= 0.6 is 0 Å². The van der Waals surface area contributed by atoms with Gasteiger partial charge < -0.3 is 29.6 Å². The Hall–Kier alpha value is -3.82. The molecule has 3 atom stereocenters. The van der Waals surface area contributed by atoms with Crippen molar-refractivity contribution in [2.75, 3.05) is 13.7 Å². The number of imidazole rings is 1. The minimum absolute atomic E-state index is 0.127. The number of H-pyrrole nitrogens is 1. The maximum Gasteiger partial charge on any atom is 0.404 e. The van der Waals surface area contributed by atoms with E-state index < -0.39 is 6.09 Å². The van der Waals surface area contributed by atoms with Crippen LogP contribution in [0.3, 0.4) is 0 Å². The van der Waals surface area contributed by atoms with E-state index in [4.69, 9.17) is 9.84 Å². The van der Waals surface area contributed by atoms with Crippen molar-refractivity contribution in [2.24, 2.45) is 13.0 Å². The Labute approximate surface area is 182 Å². The van der Waals surface area contributed by atoms with Crippen LogP contribution in [0.4, 0.5) is 4.79 Å². The first-order valence-electron chi connectivity index (χ1n) is 10.4. The van der Waals surface area contributed by atoms with Gasteiger partial charge in [-0.2, -0.15) is 0 Å². The second-order valence-electron chi connectivity index (χ2n) is 8.31. The van der Waals surface area contributed by atoms with Gasteiger partial charge in [0.2, 0.25) is 5.56 Å². The topological polar surface area (TPSA) is 130 Å². The first-order chi connectivity index (χ1) is 15.4. The number of methoxy groups -OCH3 is 1. The molecule has 1 aromatic carbocycles. The van der Waals surface area contributed by atoms with Crippen molar-refractivity contribution >= 4 is 23.0 Å². The van der Waals surface area contributed by atoms with Crippen molar-refractivity contribution in [1.82, 2.24) is 24.8 Å². The van der Waals surface area contributed by atoms with Gasteiger partial charge in [-0.1, -0.05) is 6.07 Å². The van der Waals surface area contributed by atoms with Gasteiger partial charge in [0.05, 0.1) is 30.4 Å². The number of likely N-dealkylation sites (tertiary alicyclic amines) is 1. The summed E-state index contributed by atoms with van der Waals surface area (Å²) in [5.74, 6) is 0.999. The summed E-state index contributed by atoms with van der Waals surface area (Å²) in [5, 5.41) is 11.7. The van der Waals surface area contributed by atoms with Crippen molar-refractivity contribution in [3.8, 4) is 17.3 Å². The zero-order valence-corrected chi connectivity index (χ0v) is 17.7. The fourth-order valence-electron chi connectivity index (χ4n) is 5.17. The maximum absolute atomic E-state index is 13.4. The van der Waals surface area contributed by atoms with Crippen LogP contribution in [0.5, 0.6) is 5.75 Å². The van der Waals surface area contributed by atoms with Crippen molar-refractivity contribution < 1.29 is 19.4 Å². The van der Waals surface area contributed by atoms with E-state index in [9.17, 15) is 14.4 Å². The molecule has 1 saturated carbocycles. The van der Waals surface area contributed by atoms with Crippen LogP contribution in [0.25, 0.3) is 22.6 Å². The van der Waals surface area contributed by atoms with Crippen LogP contribution in [-0.4, -0.2) is 62.3 Å². The van der Waals surface area contributed by atoms with Crippen LogP contribution in [0.1, 0.15) is 23.2 Å². The number of carbonyl (C=O) groups is 2. The molecule has 1 aliphatic heterocycles. The number of hydrogen-bond donors (Lipinski definition) is 3. The Morgan fingerprint density at radius 1 is 1.28 bits per heavy atom. The largest absolute Gasteiger partial charge is 0.494 e. The van der Waals surface area contributed by atoms with Crippen LogP contribution in [0.15, 0.2) is 35.1 Å². The summed E-state index contributed by atoms with van der Waals surface area (Å²) < 4.78 is 7.39. The summed E-state index contributed by atoms with van der Waals surface area (Å²) in [4.78, 5) is 45.5. The number of carbonyl (C=O) groups excluding carboxylic acids is 1. The number of aromatic nitrogens is 3. The SMILES string of the molecule is COc1cc(C(=O)N2C[C@H]3CC[C@@H]2[C@@H]3NC(=O)O)cc2nc(-c3cccc(=O)[nH]3)n(C)c12. The Balaban J connectivity index is 1.54. The molecule has 0 unspecified atom stereocenters. The third kappa shape index (κ3) is 3.10. The van der Waals surface area contributed by atoms with Gasteiger partial charge in [0.1, 0.15) is 11.3 Å². The lowest BCUT2D eigenvalue weighted by atomic mass is 10.1. The van der Waals surface area contributed by atoms with Crippen molar-refractivity contribution in [3.63, 3.8) is 0 Å². The molecule has 32 heavy (non-hydrogen) atoms. The highest BCUT2D eigenvalue weighted by atomic mass is 16.5. The number of aromatic amines is 1. The normalized spacial score (nSPS) is 21.8. The van der Waals surface area contributed by atoms with E-state index in [0.29, 0.717) is 40.4 Å². The van der Waals surface area contributed by atoms with E-state index in [1.165, 1.54) is 13.2 Å². The Morgan fingerprint density at radius 3 is 2.81 bits per heavy atom. The number of nitrogens with zero attached hydrogens (tertiary/aromatic N) is 3. The van der Waals surface area contributed by atoms with E-state index in [-0.39, 0.29) is 29.5 Å². The molecule has 1 aliphatic carbocycles. The number of carboxylic acid groups (broad SMARTS) is 1. The zero-order chi connectivity index (χ0) is 22.6. The number of amides is 2. The first kappa shape index (κ1) is 20.1. The number of aryl methyl sites for hydroxylation is 1. The summed E-state index contributed by atoms with van der Waals surface area (Å²) in [7, 11) is 3.35. The monoisotopic (exact) mass is 437 g/mol. The summed E-state index contributed by atoms with van der Waals surface area (Å²) in [5.41, 5.74) is 2.04. The maximum atomic E-state index is 13.4. The molecule has 2 aromatic heterocycles. The number of fused-ring (bicyclic) bond motifs is 3. The van der Waals surface area contributed by atoms with Gasteiger partial charge in [0.15, 0.2) is 5.82 Å². The van der Waals surface area contributed by atoms with Gasteiger partial charge in [0.25, 0.3) is 5.91 Å². The Morgan fingerprint density at radius 2 is 2.09 bits per heavy atom. The third-order valence-corrected chi connectivity index (χ3v) is 6.55. The van der Waals surface area contributed by atoms with Crippen LogP contribution in [0.2, 0.25) is 0 Å². The Bertz CT molecular complexity index is 1300. The molecular weight excluding hydrogens is 414 g/mol. The quantitative estimate of drug-likeness (QED) is 0.571. The molecule has 0 radical (unpaired) electrons. The lowest BCUT2D eigenvalue weighted by Gasteiger charge is -2.27. The molecule has 3 heterocycles. The number of pyridine rings is 1. The Kier molecular flexibility index (Phi) is 4.65.